The van der Waals surface area contributed by atoms with Crippen LogP contribution in [0, 0.1) is 6.92 Å². The lowest BCUT2D eigenvalue weighted by atomic mass is 10.0. The number of benzene rings is 2. The van der Waals surface area contributed by atoms with Crippen molar-refractivity contribution in [3.05, 3.63) is 79.3 Å². The van der Waals surface area contributed by atoms with Gasteiger partial charge in [-0.15, -0.1) is 0 Å². The van der Waals surface area contributed by atoms with Gasteiger partial charge in [-0.1, -0.05) is 48.5 Å². The number of aromatic nitrogens is 1. The van der Waals surface area contributed by atoms with Crippen molar-refractivity contribution in [1.82, 2.24) is 4.98 Å². The van der Waals surface area contributed by atoms with Gasteiger partial charge in [0, 0.05) is 5.39 Å². The highest BCUT2D eigenvalue weighted by Crippen LogP contribution is 2.19. The number of anilines is 1. The number of hydrogen-bond donors (Lipinski definition) is 1. The minimum absolute atomic E-state index is 0.140. The van der Waals surface area contributed by atoms with Gasteiger partial charge in [0.15, 0.2) is 0 Å². The highest BCUT2D eigenvalue weighted by atomic mass is 16.1. The molecule has 0 saturated heterocycles. The third-order valence-corrected chi connectivity index (χ3v) is 3.38. The van der Waals surface area contributed by atoms with Crippen molar-refractivity contribution in [2.45, 2.75) is 5.92 Å². The lowest BCUT2D eigenvalue weighted by molar-refractivity contribution is -0.116. The van der Waals surface area contributed by atoms with E-state index in [2.05, 4.69) is 17.2 Å². The molecule has 0 saturated carbocycles. The first-order valence-electron chi connectivity index (χ1n) is 6.78. The first-order valence-corrected chi connectivity index (χ1v) is 6.78. The molecule has 1 heterocycles. The van der Waals surface area contributed by atoms with Gasteiger partial charge in [0.1, 0.15) is 0 Å². The molecular formula is C18H15N2O. The molecule has 1 radical (unpaired) electrons. The SMILES string of the molecule is [CH2]C(C(=O)Nc1cnc2ccccc2c1)c1ccccc1. The van der Waals surface area contributed by atoms with Crippen molar-refractivity contribution in [1.29, 1.82) is 0 Å². The van der Waals surface area contributed by atoms with E-state index in [1.165, 1.54) is 0 Å². The van der Waals surface area contributed by atoms with E-state index in [1.54, 1.807) is 6.20 Å². The van der Waals surface area contributed by atoms with Gasteiger partial charge in [-0.3, -0.25) is 9.78 Å². The third-order valence-electron chi connectivity index (χ3n) is 3.38. The molecule has 0 bridgehead atoms. The Bertz CT molecular complexity index is 768. The molecule has 0 spiro atoms. The quantitative estimate of drug-likeness (QED) is 0.790. The Kier molecular flexibility index (Phi) is 3.65. The Labute approximate surface area is 123 Å². The van der Waals surface area contributed by atoms with Crippen LogP contribution in [-0.2, 0) is 4.79 Å². The molecule has 1 N–H and O–H groups in total. The lowest BCUT2D eigenvalue weighted by Crippen LogP contribution is -2.19. The average molecular weight is 275 g/mol. The number of carbonyl (C=O) groups is 1. The van der Waals surface area contributed by atoms with Gasteiger partial charge < -0.3 is 5.32 Å². The zero-order chi connectivity index (χ0) is 14.7. The summed E-state index contributed by atoms with van der Waals surface area (Å²) in [5.74, 6) is -0.587. The van der Waals surface area contributed by atoms with Gasteiger partial charge in [-0.25, -0.2) is 0 Å². The molecular weight excluding hydrogens is 260 g/mol. The molecule has 21 heavy (non-hydrogen) atoms. The van der Waals surface area contributed by atoms with Gasteiger partial charge in [-0.2, -0.15) is 0 Å². The van der Waals surface area contributed by atoms with Crippen LogP contribution in [0.4, 0.5) is 5.69 Å². The monoisotopic (exact) mass is 275 g/mol. The zero-order valence-corrected chi connectivity index (χ0v) is 11.5. The number of carbonyl (C=O) groups excluding carboxylic acids is 1. The summed E-state index contributed by atoms with van der Waals surface area (Å²) in [6, 6.07) is 19.2. The highest BCUT2D eigenvalue weighted by molar-refractivity contribution is 5.97. The van der Waals surface area contributed by atoms with Gasteiger partial charge in [0.25, 0.3) is 0 Å². The molecule has 103 valence electrons. The molecule has 3 aromatic rings. The summed E-state index contributed by atoms with van der Waals surface area (Å²) in [7, 11) is 0. The molecule has 1 aromatic heterocycles. The van der Waals surface area contributed by atoms with E-state index < -0.39 is 5.92 Å². The summed E-state index contributed by atoms with van der Waals surface area (Å²) >= 11 is 0. The number of nitrogens with one attached hydrogen (secondary N) is 1. The Morgan fingerprint density at radius 3 is 2.57 bits per heavy atom. The molecule has 0 aliphatic heterocycles. The second-order valence-corrected chi connectivity index (χ2v) is 4.87. The summed E-state index contributed by atoms with van der Waals surface area (Å²) < 4.78 is 0. The predicted molar refractivity (Wildman–Crippen MR) is 84.9 cm³/mol. The largest absolute Gasteiger partial charge is 0.324 e. The fourth-order valence-corrected chi connectivity index (χ4v) is 2.21. The summed E-state index contributed by atoms with van der Waals surface area (Å²) in [4.78, 5) is 16.6. The van der Waals surface area contributed by atoms with Crippen molar-refractivity contribution in [3.63, 3.8) is 0 Å². The molecule has 1 atom stereocenters. The van der Waals surface area contributed by atoms with E-state index >= 15 is 0 Å². The summed E-state index contributed by atoms with van der Waals surface area (Å²) in [5.41, 5.74) is 2.48. The van der Waals surface area contributed by atoms with Crippen LogP contribution in [0.15, 0.2) is 66.9 Å². The second-order valence-electron chi connectivity index (χ2n) is 4.87. The Hall–Kier alpha value is -2.68. The predicted octanol–water partition coefficient (Wildman–Crippen LogP) is 3.79. The molecule has 0 aliphatic carbocycles. The minimum atomic E-state index is -0.447. The fraction of sp³-hybridized carbons (Fsp3) is 0.0556. The zero-order valence-electron chi connectivity index (χ0n) is 11.5. The van der Waals surface area contributed by atoms with E-state index in [1.807, 2.05) is 60.7 Å². The smallest absolute Gasteiger partial charge is 0.231 e. The van der Waals surface area contributed by atoms with Crippen molar-refractivity contribution in [2.24, 2.45) is 0 Å². The van der Waals surface area contributed by atoms with Crippen LogP contribution in [0.2, 0.25) is 0 Å². The van der Waals surface area contributed by atoms with Gasteiger partial charge in [0.2, 0.25) is 5.91 Å². The van der Waals surface area contributed by atoms with Crippen molar-refractivity contribution >= 4 is 22.5 Å². The van der Waals surface area contributed by atoms with Crippen LogP contribution in [-0.4, -0.2) is 10.9 Å². The Morgan fingerprint density at radius 1 is 1.05 bits per heavy atom. The molecule has 2 aromatic carbocycles. The van der Waals surface area contributed by atoms with Crippen molar-refractivity contribution < 1.29 is 4.79 Å². The number of hydrogen-bond acceptors (Lipinski definition) is 2. The van der Waals surface area contributed by atoms with Crippen LogP contribution >= 0.6 is 0 Å². The number of rotatable bonds is 3. The van der Waals surface area contributed by atoms with Crippen LogP contribution in [0.1, 0.15) is 11.5 Å². The van der Waals surface area contributed by atoms with E-state index in [0.29, 0.717) is 5.69 Å². The summed E-state index contributed by atoms with van der Waals surface area (Å²) in [6.45, 7) is 3.93. The van der Waals surface area contributed by atoms with Crippen molar-refractivity contribution in [2.75, 3.05) is 5.32 Å². The third kappa shape index (κ3) is 2.92. The fourth-order valence-electron chi connectivity index (χ4n) is 2.21. The Morgan fingerprint density at radius 2 is 1.76 bits per heavy atom. The molecule has 3 rings (SSSR count). The number of amides is 1. The normalized spacial score (nSPS) is 12.0. The van der Waals surface area contributed by atoms with E-state index in [9.17, 15) is 4.79 Å². The molecule has 3 nitrogen and oxygen atoms in total. The van der Waals surface area contributed by atoms with Crippen LogP contribution in [0.3, 0.4) is 0 Å². The maximum atomic E-state index is 12.2. The first-order chi connectivity index (χ1) is 10.2. The first kappa shape index (κ1) is 13.3. The van der Waals surface area contributed by atoms with Gasteiger partial charge in [0.05, 0.1) is 23.3 Å². The second kappa shape index (κ2) is 5.75. The standard InChI is InChI=1S/C18H15N2O/c1-13(14-7-3-2-4-8-14)18(21)20-16-11-15-9-5-6-10-17(15)19-12-16/h2-13H,1H2,(H,20,21). The van der Waals surface area contributed by atoms with Crippen LogP contribution in [0.25, 0.3) is 10.9 Å². The maximum absolute atomic E-state index is 12.2. The molecule has 1 amide bonds. The van der Waals surface area contributed by atoms with E-state index in [-0.39, 0.29) is 5.91 Å². The summed E-state index contributed by atoms with van der Waals surface area (Å²) in [5, 5.41) is 3.86. The Balaban J connectivity index is 1.80. The van der Waals surface area contributed by atoms with E-state index in [4.69, 9.17) is 0 Å². The van der Waals surface area contributed by atoms with Crippen LogP contribution < -0.4 is 5.32 Å². The number of nitrogens with zero attached hydrogens (tertiary/aromatic N) is 1. The molecule has 3 heteroatoms. The topological polar surface area (TPSA) is 42.0 Å². The molecule has 0 aliphatic rings. The molecule has 0 fully saturated rings. The van der Waals surface area contributed by atoms with Gasteiger partial charge in [-0.05, 0) is 24.6 Å². The summed E-state index contributed by atoms with van der Waals surface area (Å²) in [6.07, 6.45) is 1.66. The highest BCUT2D eigenvalue weighted by Gasteiger charge is 2.15. The number of para-hydroxylation sites is 1. The van der Waals surface area contributed by atoms with Crippen LogP contribution in [0.5, 0.6) is 0 Å². The number of pyridine rings is 1. The van der Waals surface area contributed by atoms with Crippen molar-refractivity contribution in [3.8, 4) is 0 Å². The minimum Gasteiger partial charge on any atom is -0.324 e. The lowest BCUT2D eigenvalue weighted by Gasteiger charge is -2.12. The molecule has 1 unspecified atom stereocenters. The maximum Gasteiger partial charge on any atom is 0.231 e. The number of fused-ring (bicyclic) bond motifs is 1. The average Bonchev–Trinajstić information content (AvgIpc) is 2.55. The van der Waals surface area contributed by atoms with E-state index in [0.717, 1.165) is 16.5 Å². The van der Waals surface area contributed by atoms with Gasteiger partial charge >= 0.3 is 0 Å².